The van der Waals surface area contributed by atoms with Crippen LogP contribution in [0, 0.1) is 6.92 Å². The number of benzene rings is 2. The Morgan fingerprint density at radius 1 is 0.944 bits per heavy atom. The van der Waals surface area contributed by atoms with Gasteiger partial charge in [0.2, 0.25) is 0 Å². The summed E-state index contributed by atoms with van der Waals surface area (Å²) in [5, 5.41) is 4.26. The van der Waals surface area contributed by atoms with Crippen molar-refractivity contribution in [2.24, 2.45) is 0 Å². The molecule has 0 bridgehead atoms. The molecule has 0 spiro atoms. The number of anilines is 1. The Morgan fingerprint density at radius 3 is 2.44 bits per heavy atom. The minimum atomic E-state index is 0.915. The highest BCUT2D eigenvalue weighted by Crippen LogP contribution is 2.29. The quantitative estimate of drug-likeness (QED) is 0.712. The maximum absolute atomic E-state index is 5.89. The van der Waals surface area contributed by atoms with Crippen LogP contribution in [0.4, 0.5) is 5.69 Å². The van der Waals surface area contributed by atoms with Gasteiger partial charge < -0.3 is 9.73 Å². The van der Waals surface area contributed by atoms with E-state index in [1.807, 2.05) is 19.2 Å². The van der Waals surface area contributed by atoms with Crippen LogP contribution in [0.2, 0.25) is 0 Å². The van der Waals surface area contributed by atoms with Crippen molar-refractivity contribution >= 4 is 16.7 Å². The van der Waals surface area contributed by atoms with E-state index in [1.54, 1.807) is 0 Å². The van der Waals surface area contributed by atoms with E-state index in [2.05, 4.69) is 48.6 Å². The van der Waals surface area contributed by atoms with Gasteiger partial charge in [-0.3, -0.25) is 0 Å². The van der Waals surface area contributed by atoms with Gasteiger partial charge in [-0.1, -0.05) is 12.1 Å². The normalized spacial score (nSPS) is 10.8. The molecule has 0 radical (unpaired) electrons. The lowest BCUT2D eigenvalue weighted by atomic mass is 10.1. The van der Waals surface area contributed by atoms with Gasteiger partial charge in [0, 0.05) is 23.7 Å². The minimum Gasteiger partial charge on any atom is -0.456 e. The van der Waals surface area contributed by atoms with Gasteiger partial charge in [-0.2, -0.15) is 0 Å². The summed E-state index contributed by atoms with van der Waals surface area (Å²) < 4.78 is 5.89. The summed E-state index contributed by atoms with van der Waals surface area (Å²) in [6.45, 7) is 2.07. The first-order chi connectivity index (χ1) is 8.76. The summed E-state index contributed by atoms with van der Waals surface area (Å²) in [5.74, 6) is 0.915. The third-order valence-electron chi connectivity index (χ3n) is 3.13. The molecule has 90 valence electrons. The minimum absolute atomic E-state index is 0.915. The fourth-order valence-corrected chi connectivity index (χ4v) is 2.08. The van der Waals surface area contributed by atoms with Crippen molar-refractivity contribution < 1.29 is 4.42 Å². The molecule has 0 amide bonds. The molecule has 0 aliphatic rings. The Hall–Kier alpha value is -2.22. The summed E-state index contributed by atoms with van der Waals surface area (Å²) in [4.78, 5) is 0. The van der Waals surface area contributed by atoms with Crippen molar-refractivity contribution in [3.63, 3.8) is 0 Å². The van der Waals surface area contributed by atoms with E-state index in [0.717, 1.165) is 28.0 Å². The van der Waals surface area contributed by atoms with Crippen LogP contribution in [0.25, 0.3) is 22.3 Å². The SMILES string of the molecule is CNc1ccc(-c2cc3ccc(C)cc3o2)cc1. The number of hydrogen-bond acceptors (Lipinski definition) is 2. The Labute approximate surface area is 106 Å². The Bertz CT molecular complexity index is 680. The number of hydrogen-bond donors (Lipinski definition) is 1. The zero-order valence-corrected chi connectivity index (χ0v) is 10.5. The van der Waals surface area contributed by atoms with Crippen LogP contribution in [0.15, 0.2) is 52.9 Å². The molecule has 3 aromatic rings. The lowest BCUT2D eigenvalue weighted by molar-refractivity contribution is 0.631. The first-order valence-corrected chi connectivity index (χ1v) is 6.04. The average Bonchev–Trinajstić information content (AvgIpc) is 2.81. The summed E-state index contributed by atoms with van der Waals surface area (Å²) in [7, 11) is 1.92. The third kappa shape index (κ3) is 1.86. The van der Waals surface area contributed by atoms with E-state index >= 15 is 0 Å². The molecule has 2 nitrogen and oxygen atoms in total. The molecular weight excluding hydrogens is 222 g/mol. The van der Waals surface area contributed by atoms with E-state index in [9.17, 15) is 0 Å². The highest BCUT2D eigenvalue weighted by Gasteiger charge is 2.06. The number of furan rings is 1. The molecule has 0 saturated heterocycles. The van der Waals surface area contributed by atoms with Crippen molar-refractivity contribution in [2.45, 2.75) is 6.92 Å². The molecule has 1 heterocycles. The zero-order valence-electron chi connectivity index (χ0n) is 10.5. The maximum Gasteiger partial charge on any atom is 0.135 e. The van der Waals surface area contributed by atoms with Gasteiger partial charge in [-0.05, 0) is 48.9 Å². The number of fused-ring (bicyclic) bond motifs is 1. The van der Waals surface area contributed by atoms with Crippen LogP contribution in [-0.2, 0) is 0 Å². The first-order valence-electron chi connectivity index (χ1n) is 6.04. The highest BCUT2D eigenvalue weighted by atomic mass is 16.3. The van der Waals surface area contributed by atoms with E-state index in [-0.39, 0.29) is 0 Å². The van der Waals surface area contributed by atoms with Crippen LogP contribution in [0.5, 0.6) is 0 Å². The molecule has 2 heteroatoms. The molecule has 0 aliphatic carbocycles. The number of aryl methyl sites for hydroxylation is 1. The molecular formula is C16H15NO. The molecule has 0 fully saturated rings. The van der Waals surface area contributed by atoms with Crippen LogP contribution in [0.1, 0.15) is 5.56 Å². The van der Waals surface area contributed by atoms with Gasteiger partial charge in [-0.15, -0.1) is 0 Å². The Balaban J connectivity index is 2.07. The van der Waals surface area contributed by atoms with E-state index < -0.39 is 0 Å². The second kappa shape index (κ2) is 4.22. The molecule has 0 atom stereocenters. The van der Waals surface area contributed by atoms with Crippen molar-refractivity contribution in [2.75, 3.05) is 12.4 Å². The van der Waals surface area contributed by atoms with Crippen LogP contribution in [0.3, 0.4) is 0 Å². The highest BCUT2D eigenvalue weighted by molar-refractivity contribution is 5.83. The second-order valence-corrected chi connectivity index (χ2v) is 4.48. The monoisotopic (exact) mass is 237 g/mol. The summed E-state index contributed by atoms with van der Waals surface area (Å²) in [6, 6.07) is 16.6. The topological polar surface area (TPSA) is 25.2 Å². The van der Waals surface area contributed by atoms with Crippen LogP contribution >= 0.6 is 0 Å². The molecule has 0 aliphatic heterocycles. The summed E-state index contributed by atoms with van der Waals surface area (Å²) in [5.41, 5.74) is 4.37. The van der Waals surface area contributed by atoms with Gasteiger partial charge in [0.05, 0.1) is 0 Å². The van der Waals surface area contributed by atoms with E-state index in [1.165, 1.54) is 5.56 Å². The average molecular weight is 237 g/mol. The van der Waals surface area contributed by atoms with Gasteiger partial charge in [0.15, 0.2) is 0 Å². The van der Waals surface area contributed by atoms with Gasteiger partial charge in [0.1, 0.15) is 11.3 Å². The summed E-state index contributed by atoms with van der Waals surface area (Å²) in [6.07, 6.45) is 0. The molecule has 0 unspecified atom stereocenters. The predicted molar refractivity (Wildman–Crippen MR) is 75.9 cm³/mol. The first kappa shape index (κ1) is 10.9. The van der Waals surface area contributed by atoms with Crippen molar-refractivity contribution in [1.82, 2.24) is 0 Å². The van der Waals surface area contributed by atoms with Gasteiger partial charge >= 0.3 is 0 Å². The van der Waals surface area contributed by atoms with Crippen LogP contribution < -0.4 is 5.32 Å². The smallest absolute Gasteiger partial charge is 0.135 e. The largest absolute Gasteiger partial charge is 0.456 e. The zero-order chi connectivity index (χ0) is 12.5. The molecule has 18 heavy (non-hydrogen) atoms. The molecule has 2 aromatic carbocycles. The Kier molecular flexibility index (Phi) is 2.56. The fraction of sp³-hybridized carbons (Fsp3) is 0.125. The van der Waals surface area contributed by atoms with Crippen molar-refractivity contribution in [1.29, 1.82) is 0 Å². The fourth-order valence-electron chi connectivity index (χ4n) is 2.08. The molecule has 1 N–H and O–H groups in total. The number of nitrogens with one attached hydrogen (secondary N) is 1. The molecule has 1 aromatic heterocycles. The standard InChI is InChI=1S/C16H15NO/c1-11-3-4-13-10-16(18-15(13)9-11)12-5-7-14(17-2)8-6-12/h3-10,17H,1-2H3. The maximum atomic E-state index is 5.89. The van der Waals surface area contributed by atoms with Gasteiger partial charge in [-0.25, -0.2) is 0 Å². The lowest BCUT2D eigenvalue weighted by Crippen LogP contribution is -1.86. The van der Waals surface area contributed by atoms with Crippen molar-refractivity contribution in [3.8, 4) is 11.3 Å². The Morgan fingerprint density at radius 2 is 1.72 bits per heavy atom. The van der Waals surface area contributed by atoms with E-state index in [4.69, 9.17) is 4.42 Å². The number of rotatable bonds is 2. The van der Waals surface area contributed by atoms with Crippen LogP contribution in [-0.4, -0.2) is 7.05 Å². The van der Waals surface area contributed by atoms with E-state index in [0.29, 0.717) is 0 Å². The predicted octanol–water partition coefficient (Wildman–Crippen LogP) is 4.45. The second-order valence-electron chi connectivity index (χ2n) is 4.48. The lowest BCUT2D eigenvalue weighted by Gasteiger charge is -2.00. The van der Waals surface area contributed by atoms with Gasteiger partial charge in [0.25, 0.3) is 0 Å². The molecule has 0 saturated carbocycles. The van der Waals surface area contributed by atoms with Crippen molar-refractivity contribution in [3.05, 3.63) is 54.1 Å². The molecule has 3 rings (SSSR count). The third-order valence-corrected chi connectivity index (χ3v) is 3.13. The summed E-state index contributed by atoms with van der Waals surface area (Å²) >= 11 is 0.